The van der Waals surface area contributed by atoms with Crippen LogP contribution in [0.25, 0.3) is 0 Å². The predicted octanol–water partition coefficient (Wildman–Crippen LogP) is 7.28. The Morgan fingerprint density at radius 3 is 2.47 bits per heavy atom. The summed E-state index contributed by atoms with van der Waals surface area (Å²) in [6, 6.07) is 0. The lowest BCUT2D eigenvalue weighted by Crippen LogP contribution is -2.52. The zero-order valence-corrected chi connectivity index (χ0v) is 21.6. The van der Waals surface area contributed by atoms with Gasteiger partial charge in [0.25, 0.3) is 0 Å². The number of allylic oxidation sites excluding steroid dienone is 1. The average molecular weight is 443 g/mol. The molecule has 4 saturated carbocycles. The third-order valence-corrected chi connectivity index (χ3v) is 12.2. The Bertz CT molecular complexity index is 746. The number of hydrogen-bond donors (Lipinski definition) is 2. The van der Waals surface area contributed by atoms with E-state index in [1.54, 1.807) is 5.57 Å². The molecule has 32 heavy (non-hydrogen) atoms. The first kappa shape index (κ1) is 23.4. The number of hydrogen-bond acceptors (Lipinski definition) is 2. The largest absolute Gasteiger partial charge is 0.390 e. The van der Waals surface area contributed by atoms with Gasteiger partial charge in [-0.3, -0.25) is 0 Å². The second-order valence-corrected chi connectivity index (χ2v) is 14.2. The van der Waals surface area contributed by atoms with Crippen LogP contribution in [-0.4, -0.2) is 21.4 Å². The van der Waals surface area contributed by atoms with E-state index in [0.29, 0.717) is 16.7 Å². The van der Waals surface area contributed by atoms with Gasteiger partial charge in [-0.05, 0) is 137 Å². The van der Waals surface area contributed by atoms with Gasteiger partial charge < -0.3 is 10.2 Å². The molecule has 0 aliphatic heterocycles. The highest BCUT2D eigenvalue weighted by Gasteiger charge is 2.59. The van der Waals surface area contributed by atoms with Crippen molar-refractivity contribution in [3.63, 3.8) is 0 Å². The number of fused-ring (bicyclic) bond motifs is 5. The van der Waals surface area contributed by atoms with Crippen molar-refractivity contribution in [1.29, 1.82) is 0 Å². The van der Waals surface area contributed by atoms with Gasteiger partial charge in [0.1, 0.15) is 0 Å². The molecule has 2 N–H and O–H groups in total. The van der Waals surface area contributed by atoms with Crippen molar-refractivity contribution in [3.05, 3.63) is 11.6 Å². The third-order valence-electron chi connectivity index (χ3n) is 12.2. The summed E-state index contributed by atoms with van der Waals surface area (Å²) in [5, 5.41) is 21.7. The normalized spacial score (nSPS) is 49.2. The van der Waals surface area contributed by atoms with Crippen molar-refractivity contribution in [2.45, 2.75) is 129 Å². The quantitative estimate of drug-likeness (QED) is 0.439. The predicted molar refractivity (Wildman–Crippen MR) is 132 cm³/mol. The van der Waals surface area contributed by atoms with Gasteiger partial charge in [-0.2, -0.15) is 0 Å². The molecule has 2 heteroatoms. The standard InChI is InChI=1S/C30H50O2/c1-20(13-16-30(5,32)21-7-6-8-21)24-11-12-25-23-10-9-22-19-27(2,31)17-18-28(22,3)26(23)14-15-29(24,25)4/h9,20-21,23-26,31-32H,6-8,10-19H2,1-5H3/t20-,23+,24-,25+,26+,27+,28+,29-,30-/m1/s1. The van der Waals surface area contributed by atoms with E-state index in [2.05, 4.69) is 33.8 Å². The molecular weight excluding hydrogens is 392 g/mol. The molecular formula is C30H50O2. The highest BCUT2D eigenvalue weighted by Crippen LogP contribution is 2.67. The van der Waals surface area contributed by atoms with Crippen LogP contribution in [0.2, 0.25) is 0 Å². The van der Waals surface area contributed by atoms with E-state index in [9.17, 15) is 10.2 Å². The highest BCUT2D eigenvalue weighted by molar-refractivity contribution is 5.26. The topological polar surface area (TPSA) is 40.5 Å². The fourth-order valence-corrected chi connectivity index (χ4v) is 9.74. The van der Waals surface area contributed by atoms with E-state index in [1.165, 1.54) is 64.2 Å². The minimum Gasteiger partial charge on any atom is -0.390 e. The first-order valence-electron chi connectivity index (χ1n) is 14.1. The van der Waals surface area contributed by atoms with Crippen molar-refractivity contribution < 1.29 is 10.2 Å². The lowest BCUT2D eigenvalue weighted by atomic mass is 9.46. The summed E-state index contributed by atoms with van der Waals surface area (Å²) in [7, 11) is 0. The Morgan fingerprint density at radius 1 is 1.03 bits per heavy atom. The molecule has 0 saturated heterocycles. The molecule has 182 valence electrons. The van der Waals surface area contributed by atoms with Crippen molar-refractivity contribution in [2.24, 2.45) is 46.3 Å². The first-order valence-corrected chi connectivity index (χ1v) is 14.1. The van der Waals surface area contributed by atoms with Gasteiger partial charge >= 0.3 is 0 Å². The summed E-state index contributed by atoms with van der Waals surface area (Å²) >= 11 is 0. The maximum Gasteiger partial charge on any atom is 0.0657 e. The third kappa shape index (κ3) is 3.65. The van der Waals surface area contributed by atoms with Gasteiger partial charge in [-0.25, -0.2) is 0 Å². The van der Waals surface area contributed by atoms with Gasteiger partial charge in [-0.15, -0.1) is 0 Å². The average Bonchev–Trinajstić information content (AvgIpc) is 3.02. The summed E-state index contributed by atoms with van der Waals surface area (Å²) in [5.41, 5.74) is 1.47. The molecule has 5 aliphatic rings. The monoisotopic (exact) mass is 442 g/mol. The van der Waals surface area contributed by atoms with Crippen LogP contribution < -0.4 is 0 Å². The highest BCUT2D eigenvalue weighted by atomic mass is 16.3. The maximum atomic E-state index is 11.0. The summed E-state index contributed by atoms with van der Waals surface area (Å²) < 4.78 is 0. The van der Waals surface area contributed by atoms with Crippen molar-refractivity contribution in [1.82, 2.24) is 0 Å². The van der Waals surface area contributed by atoms with E-state index in [-0.39, 0.29) is 0 Å². The summed E-state index contributed by atoms with van der Waals surface area (Å²) in [6.45, 7) is 11.9. The van der Waals surface area contributed by atoms with Crippen LogP contribution in [0.4, 0.5) is 0 Å². The fourth-order valence-electron chi connectivity index (χ4n) is 9.74. The Hall–Kier alpha value is -0.340. The molecule has 0 bridgehead atoms. The van der Waals surface area contributed by atoms with Crippen LogP contribution in [0.3, 0.4) is 0 Å². The zero-order valence-electron chi connectivity index (χ0n) is 21.6. The second kappa shape index (κ2) is 7.84. The van der Waals surface area contributed by atoms with Gasteiger partial charge in [-0.1, -0.05) is 38.8 Å². The van der Waals surface area contributed by atoms with Gasteiger partial charge in [0.15, 0.2) is 0 Å². The Morgan fingerprint density at radius 2 is 1.78 bits per heavy atom. The molecule has 9 atom stereocenters. The molecule has 0 aromatic rings. The van der Waals surface area contributed by atoms with Crippen molar-refractivity contribution in [2.75, 3.05) is 0 Å². The molecule has 0 aromatic carbocycles. The lowest BCUT2D eigenvalue weighted by Gasteiger charge is -2.59. The maximum absolute atomic E-state index is 11.0. The minimum atomic E-state index is -0.490. The molecule has 0 unspecified atom stereocenters. The van der Waals surface area contributed by atoms with Crippen LogP contribution in [-0.2, 0) is 0 Å². The molecule has 2 nitrogen and oxygen atoms in total. The first-order chi connectivity index (χ1) is 15.0. The molecule has 0 spiro atoms. The molecule has 4 fully saturated rings. The number of aliphatic hydroxyl groups is 2. The van der Waals surface area contributed by atoms with Gasteiger partial charge in [0.2, 0.25) is 0 Å². The Labute approximate surface area is 197 Å². The van der Waals surface area contributed by atoms with Crippen LogP contribution in [0, 0.1) is 46.3 Å². The number of rotatable bonds is 5. The zero-order chi connectivity index (χ0) is 22.9. The van der Waals surface area contributed by atoms with Crippen LogP contribution >= 0.6 is 0 Å². The Kier molecular flexibility index (Phi) is 5.73. The summed E-state index contributed by atoms with van der Waals surface area (Å²) in [5.74, 6) is 4.65. The van der Waals surface area contributed by atoms with Crippen LogP contribution in [0.1, 0.15) is 118 Å². The van der Waals surface area contributed by atoms with Crippen molar-refractivity contribution in [3.8, 4) is 0 Å². The lowest BCUT2D eigenvalue weighted by molar-refractivity contribution is -0.0743. The van der Waals surface area contributed by atoms with Gasteiger partial charge in [0.05, 0.1) is 11.2 Å². The van der Waals surface area contributed by atoms with E-state index < -0.39 is 11.2 Å². The smallest absolute Gasteiger partial charge is 0.0657 e. The second-order valence-electron chi connectivity index (χ2n) is 14.2. The summed E-state index contributed by atoms with van der Waals surface area (Å²) in [4.78, 5) is 0. The summed E-state index contributed by atoms with van der Waals surface area (Å²) in [6.07, 6.45) is 18.4. The SMILES string of the molecule is C[C@H](CC[C@@](C)(O)C1CCC1)[C@H]1CC[C@H]2[C@@H]3CC=C4C[C@@](C)(O)CC[C@]4(C)[C@H]3CC[C@]12C. The Balaban J connectivity index is 1.29. The molecule has 5 rings (SSSR count). The van der Waals surface area contributed by atoms with E-state index in [1.807, 2.05) is 6.92 Å². The van der Waals surface area contributed by atoms with E-state index in [0.717, 1.165) is 48.9 Å². The molecule has 0 amide bonds. The molecule has 0 aromatic heterocycles. The molecule has 0 radical (unpaired) electrons. The van der Waals surface area contributed by atoms with Gasteiger partial charge in [0, 0.05) is 0 Å². The fraction of sp³-hybridized carbons (Fsp3) is 0.933. The molecule has 5 aliphatic carbocycles. The van der Waals surface area contributed by atoms with Crippen molar-refractivity contribution >= 4 is 0 Å². The van der Waals surface area contributed by atoms with Crippen LogP contribution in [0.5, 0.6) is 0 Å². The molecule has 0 heterocycles. The minimum absolute atomic E-state index is 0.331. The van der Waals surface area contributed by atoms with E-state index in [4.69, 9.17) is 0 Å². The van der Waals surface area contributed by atoms with Crippen LogP contribution in [0.15, 0.2) is 11.6 Å². The van der Waals surface area contributed by atoms with E-state index >= 15 is 0 Å².